The molecule has 0 amide bonds. The van der Waals surface area contributed by atoms with Crippen LogP contribution in [0.15, 0.2) is 0 Å². The van der Waals surface area contributed by atoms with Crippen molar-refractivity contribution in [3.63, 3.8) is 0 Å². The average Bonchev–Trinajstić information content (AvgIpc) is 2.35. The Labute approximate surface area is 129 Å². The largest absolute Gasteiger partial charge is 0.370 e. The minimum atomic E-state index is -0.194. The lowest BCUT2D eigenvalue weighted by molar-refractivity contribution is 0.554. The van der Waals surface area contributed by atoms with Crippen molar-refractivity contribution in [2.75, 3.05) is 6.54 Å². The molecule has 0 unspecified atom stereocenters. The Kier molecular flexibility index (Phi) is 17.2. The van der Waals surface area contributed by atoms with E-state index in [1.165, 1.54) is 57.8 Å². The second-order valence-electron chi connectivity index (χ2n) is 5.02. The smallest absolute Gasteiger partial charge is 0.195 e. The summed E-state index contributed by atoms with van der Waals surface area (Å²) in [6.07, 6.45) is 13.1. The van der Waals surface area contributed by atoms with Crippen LogP contribution in [0, 0.1) is 10.8 Å². The summed E-state index contributed by atoms with van der Waals surface area (Å²) in [6, 6.07) is 0. The number of hydrogen-bond acceptors (Lipinski definition) is 2. The quantitative estimate of drug-likeness (QED) is 0.230. The van der Waals surface area contributed by atoms with Crippen molar-refractivity contribution in [1.29, 1.82) is 10.8 Å². The molecular formula is C14H32ClN5. The Balaban J connectivity index is 0. The Morgan fingerprint density at radius 1 is 0.850 bits per heavy atom. The topological polar surface area (TPSA) is 97.8 Å². The van der Waals surface area contributed by atoms with Crippen molar-refractivity contribution >= 4 is 24.3 Å². The first-order chi connectivity index (χ1) is 9.16. The van der Waals surface area contributed by atoms with Gasteiger partial charge in [0, 0.05) is 6.54 Å². The zero-order chi connectivity index (χ0) is 14.3. The Morgan fingerprint density at radius 2 is 1.30 bits per heavy atom. The van der Waals surface area contributed by atoms with Gasteiger partial charge >= 0.3 is 0 Å². The monoisotopic (exact) mass is 305 g/mol. The van der Waals surface area contributed by atoms with Crippen LogP contribution in [0.2, 0.25) is 0 Å². The van der Waals surface area contributed by atoms with Gasteiger partial charge in [0.25, 0.3) is 0 Å². The van der Waals surface area contributed by atoms with Crippen LogP contribution in [0.25, 0.3) is 0 Å². The molecule has 0 atom stereocenters. The van der Waals surface area contributed by atoms with E-state index in [1.807, 2.05) is 0 Å². The van der Waals surface area contributed by atoms with Gasteiger partial charge in [-0.2, -0.15) is 0 Å². The van der Waals surface area contributed by atoms with Crippen LogP contribution < -0.4 is 16.4 Å². The lowest BCUT2D eigenvalue weighted by atomic mass is 10.1. The number of halogens is 1. The molecule has 0 saturated carbocycles. The summed E-state index contributed by atoms with van der Waals surface area (Å²) in [5.41, 5.74) is 5.11. The number of guanidine groups is 2. The van der Waals surface area contributed by atoms with E-state index in [9.17, 15) is 0 Å². The summed E-state index contributed by atoms with van der Waals surface area (Å²) >= 11 is 0. The molecule has 0 spiro atoms. The highest BCUT2D eigenvalue weighted by atomic mass is 35.5. The van der Waals surface area contributed by atoms with Gasteiger partial charge in [-0.05, 0) is 6.42 Å². The van der Waals surface area contributed by atoms with Gasteiger partial charge < -0.3 is 11.1 Å². The summed E-state index contributed by atoms with van der Waals surface area (Å²) in [5, 5.41) is 19.7. The fourth-order valence-corrected chi connectivity index (χ4v) is 2.00. The second-order valence-corrected chi connectivity index (χ2v) is 5.02. The van der Waals surface area contributed by atoms with E-state index in [4.69, 9.17) is 16.6 Å². The van der Waals surface area contributed by atoms with Crippen LogP contribution in [-0.2, 0) is 0 Å². The molecular weight excluding hydrogens is 274 g/mol. The predicted molar refractivity (Wildman–Crippen MR) is 89.9 cm³/mol. The van der Waals surface area contributed by atoms with Crippen LogP contribution >= 0.6 is 12.4 Å². The summed E-state index contributed by atoms with van der Waals surface area (Å²) in [6.45, 7) is 3.02. The molecule has 6 heteroatoms. The van der Waals surface area contributed by atoms with Gasteiger partial charge in [-0.3, -0.25) is 16.1 Å². The van der Waals surface area contributed by atoms with Gasteiger partial charge in [-0.25, -0.2) is 0 Å². The average molecular weight is 306 g/mol. The molecule has 0 aromatic heterocycles. The van der Waals surface area contributed by atoms with Gasteiger partial charge in [0.2, 0.25) is 0 Å². The SMILES string of the molecule is CCCCCCCCCCCCNC(=N)NC(=N)N.Cl. The standard InChI is InChI=1S/C14H31N5.ClH/c1-2-3-4-5-6-7-8-9-10-11-12-18-14(17)19-13(15)16;/h2-12H2,1H3,(H6,15,16,17,18,19);1H. The maximum Gasteiger partial charge on any atom is 0.195 e. The molecule has 0 radical (unpaired) electrons. The highest BCUT2D eigenvalue weighted by molar-refractivity contribution is 5.94. The van der Waals surface area contributed by atoms with Crippen molar-refractivity contribution < 1.29 is 0 Å². The predicted octanol–water partition coefficient (Wildman–Crippen LogP) is 3.34. The molecule has 0 heterocycles. The first-order valence-electron chi connectivity index (χ1n) is 7.60. The van der Waals surface area contributed by atoms with Gasteiger partial charge in [0.1, 0.15) is 0 Å². The van der Waals surface area contributed by atoms with E-state index >= 15 is 0 Å². The Hall–Kier alpha value is -0.970. The Bertz CT molecular complexity index is 246. The third-order valence-electron chi connectivity index (χ3n) is 3.09. The van der Waals surface area contributed by atoms with Crippen molar-refractivity contribution in [3.8, 4) is 0 Å². The molecule has 0 aliphatic rings. The minimum absolute atomic E-state index is 0. The molecule has 0 aromatic carbocycles. The number of unbranched alkanes of at least 4 members (excludes halogenated alkanes) is 9. The maximum absolute atomic E-state index is 7.40. The van der Waals surface area contributed by atoms with E-state index in [-0.39, 0.29) is 24.3 Å². The third kappa shape index (κ3) is 17.0. The summed E-state index contributed by atoms with van der Waals surface area (Å²) in [4.78, 5) is 0. The Morgan fingerprint density at radius 3 is 1.75 bits per heavy atom. The molecule has 0 bridgehead atoms. The van der Waals surface area contributed by atoms with Gasteiger partial charge in [-0.1, -0.05) is 64.7 Å². The summed E-state index contributed by atoms with van der Waals surface area (Å²) < 4.78 is 0. The van der Waals surface area contributed by atoms with Crippen molar-refractivity contribution in [2.24, 2.45) is 5.73 Å². The maximum atomic E-state index is 7.40. The van der Waals surface area contributed by atoms with E-state index in [0.717, 1.165) is 13.0 Å². The minimum Gasteiger partial charge on any atom is -0.370 e. The fourth-order valence-electron chi connectivity index (χ4n) is 2.00. The number of nitrogens with one attached hydrogen (secondary N) is 4. The number of nitrogens with two attached hydrogens (primary N) is 1. The molecule has 0 aromatic rings. The number of hydrogen-bond donors (Lipinski definition) is 5. The molecule has 120 valence electrons. The van der Waals surface area contributed by atoms with Crippen molar-refractivity contribution in [1.82, 2.24) is 10.6 Å². The summed E-state index contributed by atoms with van der Waals surface area (Å²) in [5.74, 6) is -0.0796. The lowest BCUT2D eigenvalue weighted by Crippen LogP contribution is -2.43. The van der Waals surface area contributed by atoms with E-state index < -0.39 is 0 Å². The van der Waals surface area contributed by atoms with Crippen LogP contribution in [0.3, 0.4) is 0 Å². The van der Waals surface area contributed by atoms with E-state index in [1.54, 1.807) is 0 Å². The normalized spacial score (nSPS) is 9.65. The molecule has 0 saturated heterocycles. The second kappa shape index (κ2) is 16.1. The fraction of sp³-hybridized carbons (Fsp3) is 0.857. The first-order valence-corrected chi connectivity index (χ1v) is 7.60. The van der Waals surface area contributed by atoms with Crippen LogP contribution in [0.5, 0.6) is 0 Å². The molecule has 0 rings (SSSR count). The zero-order valence-corrected chi connectivity index (χ0v) is 13.6. The van der Waals surface area contributed by atoms with E-state index in [2.05, 4.69) is 17.6 Å². The molecule has 0 aliphatic carbocycles. The van der Waals surface area contributed by atoms with Crippen molar-refractivity contribution in [2.45, 2.75) is 71.1 Å². The van der Waals surface area contributed by atoms with Gasteiger partial charge in [0.15, 0.2) is 11.9 Å². The van der Waals surface area contributed by atoms with Gasteiger partial charge in [-0.15, -0.1) is 12.4 Å². The molecule has 20 heavy (non-hydrogen) atoms. The van der Waals surface area contributed by atoms with Gasteiger partial charge in [0.05, 0.1) is 0 Å². The first kappa shape index (κ1) is 21.3. The van der Waals surface area contributed by atoms with Crippen molar-refractivity contribution in [3.05, 3.63) is 0 Å². The highest BCUT2D eigenvalue weighted by Gasteiger charge is 1.96. The van der Waals surface area contributed by atoms with E-state index in [0.29, 0.717) is 0 Å². The summed E-state index contributed by atoms with van der Waals surface area (Å²) in [7, 11) is 0. The highest BCUT2D eigenvalue weighted by Crippen LogP contribution is 2.10. The number of rotatable bonds is 11. The zero-order valence-electron chi connectivity index (χ0n) is 12.8. The molecule has 6 N–H and O–H groups in total. The van der Waals surface area contributed by atoms with Crippen LogP contribution in [0.1, 0.15) is 71.1 Å². The molecule has 0 fully saturated rings. The molecule has 5 nitrogen and oxygen atoms in total. The molecule has 0 aliphatic heterocycles. The third-order valence-corrected chi connectivity index (χ3v) is 3.09. The van der Waals surface area contributed by atoms with Crippen LogP contribution in [-0.4, -0.2) is 18.5 Å². The van der Waals surface area contributed by atoms with Crippen LogP contribution in [0.4, 0.5) is 0 Å². The lowest BCUT2D eigenvalue weighted by Gasteiger charge is -2.08.